The average Bonchev–Trinajstić information content (AvgIpc) is 3.11. The molecular weight excluding hydrogens is 644 g/mol. The number of ether oxygens (including phenoxy) is 1. The van der Waals surface area contributed by atoms with Gasteiger partial charge in [0.2, 0.25) is 11.8 Å². The first-order valence-corrected chi connectivity index (χ1v) is 20.0. The first-order chi connectivity index (χ1) is 24.8. The summed E-state index contributed by atoms with van der Waals surface area (Å²) in [5, 5.41) is 22.5. The lowest BCUT2D eigenvalue weighted by atomic mass is 10.1. The normalized spacial score (nSPS) is 13.0. The molecule has 0 rings (SSSR count). The lowest BCUT2D eigenvalue weighted by Crippen LogP contribution is -2.47. The van der Waals surface area contributed by atoms with Crippen molar-refractivity contribution in [3.8, 4) is 0 Å². The van der Waals surface area contributed by atoms with Crippen LogP contribution in [-0.4, -0.2) is 59.3 Å². The fraction of sp³-hybridized carbons (Fsp3) is 0.714. The van der Waals surface area contributed by atoms with Crippen LogP contribution < -0.4 is 10.6 Å². The standard InChI is InChI=1S/C42H72N2O7/c1-3-5-7-9-11-13-14-15-16-17-18-19-20-22-24-30-34-41(48)51-37(31-27-23-21-12-10-8-6-4-2)32-28-25-26-29-33-39(46)43-35-40(47)44-38(36-45)42(49)50/h12-14,16-17,21,27,31,37-38,45H,3-11,15,18-20,22-26,28-30,32-36H2,1-2H3,(H,43,46)(H,44,47)(H,49,50)/b14-13-,17-16-,21-12-,31-27-. The van der Waals surface area contributed by atoms with Crippen molar-refractivity contribution in [1.82, 2.24) is 10.6 Å². The molecule has 2 atom stereocenters. The predicted molar refractivity (Wildman–Crippen MR) is 208 cm³/mol. The number of carbonyl (C=O) groups excluding carboxylic acids is 3. The first kappa shape index (κ1) is 47.8. The fourth-order valence-corrected chi connectivity index (χ4v) is 5.40. The molecule has 9 heteroatoms. The molecule has 4 N–H and O–H groups in total. The molecule has 0 fully saturated rings. The number of aliphatic carboxylic acids is 1. The van der Waals surface area contributed by atoms with Crippen LogP contribution in [0.5, 0.6) is 0 Å². The van der Waals surface area contributed by atoms with Gasteiger partial charge in [0.05, 0.1) is 13.2 Å². The van der Waals surface area contributed by atoms with Crippen molar-refractivity contribution >= 4 is 23.8 Å². The smallest absolute Gasteiger partial charge is 0.328 e. The quantitative estimate of drug-likeness (QED) is 0.0291. The van der Waals surface area contributed by atoms with Gasteiger partial charge in [0.25, 0.3) is 0 Å². The summed E-state index contributed by atoms with van der Waals surface area (Å²) in [4.78, 5) is 47.4. The molecule has 0 bridgehead atoms. The molecule has 0 radical (unpaired) electrons. The highest BCUT2D eigenvalue weighted by Gasteiger charge is 2.18. The van der Waals surface area contributed by atoms with Crippen LogP contribution in [0.4, 0.5) is 0 Å². The molecule has 9 nitrogen and oxygen atoms in total. The summed E-state index contributed by atoms with van der Waals surface area (Å²) >= 11 is 0. The Morgan fingerprint density at radius 1 is 0.608 bits per heavy atom. The molecule has 2 amide bonds. The van der Waals surface area contributed by atoms with E-state index in [1.54, 1.807) is 0 Å². The van der Waals surface area contributed by atoms with Gasteiger partial charge in [0.15, 0.2) is 0 Å². The van der Waals surface area contributed by atoms with Crippen LogP contribution in [0.25, 0.3) is 0 Å². The molecule has 0 aromatic rings. The van der Waals surface area contributed by atoms with Gasteiger partial charge in [-0.25, -0.2) is 4.79 Å². The summed E-state index contributed by atoms with van der Waals surface area (Å²) in [6, 6.07) is -1.39. The van der Waals surface area contributed by atoms with Crippen LogP contribution in [0.2, 0.25) is 0 Å². The molecule has 0 saturated heterocycles. The third kappa shape index (κ3) is 33.7. The summed E-state index contributed by atoms with van der Waals surface area (Å²) in [5.41, 5.74) is 0. The largest absolute Gasteiger partial charge is 0.480 e. The summed E-state index contributed by atoms with van der Waals surface area (Å²) < 4.78 is 5.86. The monoisotopic (exact) mass is 717 g/mol. The van der Waals surface area contributed by atoms with Crippen molar-refractivity contribution in [2.24, 2.45) is 0 Å². The average molecular weight is 717 g/mol. The Bertz CT molecular complexity index is 1010. The minimum absolute atomic E-state index is 0.143. The number of unbranched alkanes of at least 4 members (excludes halogenated alkanes) is 15. The van der Waals surface area contributed by atoms with Gasteiger partial charge >= 0.3 is 11.9 Å². The van der Waals surface area contributed by atoms with Gasteiger partial charge in [-0.3, -0.25) is 14.4 Å². The van der Waals surface area contributed by atoms with Gasteiger partial charge in [0, 0.05) is 12.8 Å². The van der Waals surface area contributed by atoms with Gasteiger partial charge in [-0.15, -0.1) is 0 Å². The highest BCUT2D eigenvalue weighted by atomic mass is 16.5. The van der Waals surface area contributed by atoms with Crippen molar-refractivity contribution in [2.45, 2.75) is 180 Å². The van der Waals surface area contributed by atoms with Crippen LogP contribution in [0.3, 0.4) is 0 Å². The summed E-state index contributed by atoms with van der Waals surface area (Å²) in [5.74, 6) is -2.44. The second-order valence-corrected chi connectivity index (χ2v) is 13.4. The van der Waals surface area contributed by atoms with Crippen LogP contribution >= 0.6 is 0 Å². The summed E-state index contributed by atoms with van der Waals surface area (Å²) in [6.07, 6.45) is 41.5. The highest BCUT2D eigenvalue weighted by Crippen LogP contribution is 2.14. The summed E-state index contributed by atoms with van der Waals surface area (Å²) in [7, 11) is 0. The van der Waals surface area contributed by atoms with Crippen LogP contribution in [0.15, 0.2) is 48.6 Å². The number of hydrogen-bond donors (Lipinski definition) is 4. The number of rotatable bonds is 35. The Labute approximate surface area is 309 Å². The first-order valence-electron chi connectivity index (χ1n) is 20.0. The molecule has 0 saturated carbocycles. The number of nitrogens with one attached hydrogen (secondary N) is 2. The molecule has 292 valence electrons. The molecule has 0 heterocycles. The highest BCUT2D eigenvalue weighted by molar-refractivity contribution is 5.87. The Kier molecular flexibility index (Phi) is 34.3. The van der Waals surface area contributed by atoms with Crippen LogP contribution in [0.1, 0.15) is 168 Å². The zero-order valence-electron chi connectivity index (χ0n) is 32.1. The molecule has 2 unspecified atom stereocenters. The van der Waals surface area contributed by atoms with Gasteiger partial charge in [-0.2, -0.15) is 0 Å². The zero-order valence-corrected chi connectivity index (χ0v) is 32.1. The number of esters is 1. The minimum atomic E-state index is -1.39. The van der Waals surface area contributed by atoms with E-state index >= 15 is 0 Å². The second-order valence-electron chi connectivity index (χ2n) is 13.4. The number of aliphatic hydroxyl groups excluding tert-OH is 1. The predicted octanol–water partition coefficient (Wildman–Crippen LogP) is 9.20. The number of amides is 2. The van der Waals surface area contributed by atoms with E-state index in [0.29, 0.717) is 12.8 Å². The van der Waals surface area contributed by atoms with E-state index in [2.05, 4.69) is 67.0 Å². The Morgan fingerprint density at radius 3 is 1.73 bits per heavy atom. The van der Waals surface area contributed by atoms with E-state index in [4.69, 9.17) is 14.9 Å². The third-order valence-electron chi connectivity index (χ3n) is 8.53. The van der Waals surface area contributed by atoms with E-state index in [1.807, 2.05) is 6.08 Å². The van der Waals surface area contributed by atoms with Gasteiger partial charge in [-0.05, 0) is 83.1 Å². The topological polar surface area (TPSA) is 142 Å². The van der Waals surface area contributed by atoms with E-state index < -0.39 is 24.5 Å². The lowest BCUT2D eigenvalue weighted by molar-refractivity contribution is -0.147. The molecule has 0 aliphatic heterocycles. The second kappa shape index (κ2) is 36.6. The van der Waals surface area contributed by atoms with Crippen molar-refractivity contribution in [2.75, 3.05) is 13.2 Å². The van der Waals surface area contributed by atoms with Crippen molar-refractivity contribution in [1.29, 1.82) is 0 Å². The molecular formula is C42H72N2O7. The zero-order chi connectivity index (χ0) is 37.6. The Morgan fingerprint density at radius 2 is 1.12 bits per heavy atom. The van der Waals surface area contributed by atoms with Crippen molar-refractivity contribution in [3.63, 3.8) is 0 Å². The number of allylic oxidation sites excluding steroid dienone is 7. The van der Waals surface area contributed by atoms with Gasteiger partial charge < -0.3 is 25.6 Å². The van der Waals surface area contributed by atoms with Crippen molar-refractivity contribution in [3.05, 3.63) is 48.6 Å². The van der Waals surface area contributed by atoms with Gasteiger partial charge in [-0.1, -0.05) is 121 Å². The molecule has 51 heavy (non-hydrogen) atoms. The molecule has 0 aromatic carbocycles. The van der Waals surface area contributed by atoms with E-state index in [9.17, 15) is 19.2 Å². The van der Waals surface area contributed by atoms with E-state index in [-0.39, 0.29) is 30.9 Å². The lowest BCUT2D eigenvalue weighted by Gasteiger charge is -2.15. The molecule has 0 aliphatic rings. The maximum absolute atomic E-state index is 12.7. The molecule has 0 aliphatic carbocycles. The van der Waals surface area contributed by atoms with E-state index in [0.717, 1.165) is 70.6 Å². The number of carboxylic acids is 1. The number of hydrogen-bond acceptors (Lipinski definition) is 6. The van der Waals surface area contributed by atoms with Crippen LogP contribution in [-0.2, 0) is 23.9 Å². The molecule has 0 spiro atoms. The third-order valence-corrected chi connectivity index (χ3v) is 8.53. The fourth-order valence-electron chi connectivity index (χ4n) is 5.40. The number of carboxylic acid groups (broad SMARTS) is 1. The SMILES string of the molecule is CCCCC/C=C\C/C=C\C(CCCCCCC(=O)NCC(=O)NC(CO)C(=O)O)OC(=O)CCCCCCC/C=C\C/C=C\CCCCCC. The van der Waals surface area contributed by atoms with Crippen molar-refractivity contribution < 1.29 is 34.1 Å². The van der Waals surface area contributed by atoms with Crippen LogP contribution in [0, 0.1) is 0 Å². The Hall–Kier alpha value is -3.20. The van der Waals surface area contributed by atoms with E-state index in [1.165, 1.54) is 64.2 Å². The Balaban J connectivity index is 4.34. The van der Waals surface area contributed by atoms with Gasteiger partial charge in [0.1, 0.15) is 12.1 Å². The maximum atomic E-state index is 12.7. The molecule has 0 aromatic heterocycles. The summed E-state index contributed by atoms with van der Waals surface area (Å²) in [6.45, 7) is 3.38. The number of carbonyl (C=O) groups is 4. The minimum Gasteiger partial charge on any atom is -0.480 e. The number of aliphatic hydroxyl groups is 1. The maximum Gasteiger partial charge on any atom is 0.328 e.